The minimum absolute atomic E-state index is 0.00684. The minimum Gasteiger partial charge on any atom is -0.481 e. The van der Waals surface area contributed by atoms with E-state index in [2.05, 4.69) is 25.6 Å². The Morgan fingerprint density at radius 3 is 2.64 bits per heavy atom. The summed E-state index contributed by atoms with van der Waals surface area (Å²) in [5.41, 5.74) is -0.674. The number of alkyl carbamates (subject to hydrolysis) is 1. The van der Waals surface area contributed by atoms with E-state index in [1.54, 1.807) is 20.8 Å². The third-order valence-corrected chi connectivity index (χ3v) is 2.37. The highest BCUT2D eigenvalue weighted by Crippen LogP contribution is 2.08. The van der Waals surface area contributed by atoms with Gasteiger partial charge in [-0.25, -0.2) is 14.8 Å². The first-order valence-electron chi connectivity index (χ1n) is 6.45. The molecule has 1 rings (SSSR count). The highest BCUT2D eigenvalue weighted by Gasteiger charge is 2.21. The van der Waals surface area contributed by atoms with Crippen molar-refractivity contribution >= 4 is 29.6 Å². The van der Waals surface area contributed by atoms with E-state index in [-0.39, 0.29) is 24.2 Å². The molecule has 0 aromatic carbocycles. The number of amides is 1. The lowest BCUT2D eigenvalue weighted by Crippen LogP contribution is -2.43. The molecular formula is C12H18ClN5O4. The molecule has 22 heavy (non-hydrogen) atoms. The second-order valence-corrected chi connectivity index (χ2v) is 5.74. The van der Waals surface area contributed by atoms with Crippen LogP contribution in [0.4, 0.5) is 10.7 Å². The van der Waals surface area contributed by atoms with E-state index < -0.39 is 23.7 Å². The number of anilines is 1. The molecule has 0 fully saturated rings. The van der Waals surface area contributed by atoms with Crippen molar-refractivity contribution in [3.63, 3.8) is 0 Å². The van der Waals surface area contributed by atoms with Gasteiger partial charge < -0.3 is 20.5 Å². The van der Waals surface area contributed by atoms with Crippen LogP contribution in [0.1, 0.15) is 27.2 Å². The maximum absolute atomic E-state index is 11.7. The number of halogens is 1. The monoisotopic (exact) mass is 331 g/mol. The number of carbonyl (C=O) groups is 2. The molecule has 0 saturated heterocycles. The summed E-state index contributed by atoms with van der Waals surface area (Å²) in [5.74, 6) is -0.877. The topological polar surface area (TPSA) is 126 Å². The highest BCUT2D eigenvalue weighted by atomic mass is 35.5. The number of aromatic nitrogens is 3. The number of carbonyl (C=O) groups excluding carboxylic acids is 1. The van der Waals surface area contributed by atoms with E-state index in [0.717, 1.165) is 0 Å². The van der Waals surface area contributed by atoms with Crippen LogP contribution in [-0.2, 0) is 9.53 Å². The molecule has 122 valence electrons. The predicted octanol–water partition coefficient (Wildman–Crippen LogP) is 1.30. The number of nitrogens with one attached hydrogen (secondary N) is 2. The lowest BCUT2D eigenvalue weighted by Gasteiger charge is -2.23. The van der Waals surface area contributed by atoms with Crippen LogP contribution in [0.25, 0.3) is 0 Å². The highest BCUT2D eigenvalue weighted by molar-refractivity contribution is 6.28. The lowest BCUT2D eigenvalue weighted by atomic mass is 10.2. The van der Waals surface area contributed by atoms with Gasteiger partial charge in [-0.15, -0.1) is 0 Å². The van der Waals surface area contributed by atoms with Crippen molar-refractivity contribution in [1.82, 2.24) is 20.3 Å². The zero-order valence-corrected chi connectivity index (χ0v) is 13.2. The van der Waals surface area contributed by atoms with Crippen LogP contribution < -0.4 is 10.6 Å². The van der Waals surface area contributed by atoms with Crippen LogP contribution in [0.15, 0.2) is 6.33 Å². The van der Waals surface area contributed by atoms with Crippen molar-refractivity contribution < 1.29 is 19.4 Å². The van der Waals surface area contributed by atoms with Crippen LogP contribution in [0, 0.1) is 0 Å². The van der Waals surface area contributed by atoms with Crippen LogP contribution in [0.5, 0.6) is 0 Å². The number of carboxylic acids is 1. The van der Waals surface area contributed by atoms with Gasteiger partial charge in [0.15, 0.2) is 0 Å². The zero-order chi connectivity index (χ0) is 16.8. The summed E-state index contributed by atoms with van der Waals surface area (Å²) >= 11 is 5.62. The number of nitrogens with zero attached hydrogens (tertiary/aromatic N) is 3. The Balaban J connectivity index is 2.60. The molecule has 0 aliphatic carbocycles. The maximum atomic E-state index is 11.7. The molecule has 0 radical (unpaired) electrons. The second kappa shape index (κ2) is 7.74. The van der Waals surface area contributed by atoms with Gasteiger partial charge in [0.25, 0.3) is 0 Å². The van der Waals surface area contributed by atoms with E-state index in [9.17, 15) is 9.59 Å². The zero-order valence-electron chi connectivity index (χ0n) is 12.5. The average molecular weight is 332 g/mol. The van der Waals surface area contributed by atoms with Crippen molar-refractivity contribution in [2.45, 2.75) is 38.8 Å². The van der Waals surface area contributed by atoms with Gasteiger partial charge in [0, 0.05) is 6.54 Å². The Labute approximate surface area is 132 Å². The Hall–Kier alpha value is -2.16. The molecule has 1 aromatic rings. The molecule has 0 bridgehead atoms. The summed E-state index contributed by atoms with van der Waals surface area (Å²) in [6.45, 7) is 5.23. The average Bonchev–Trinajstić information content (AvgIpc) is 2.33. The minimum atomic E-state index is -1.06. The van der Waals surface area contributed by atoms with Gasteiger partial charge in [-0.3, -0.25) is 4.79 Å². The molecule has 1 amide bonds. The summed E-state index contributed by atoms with van der Waals surface area (Å²) in [6, 6.07) is -0.706. The van der Waals surface area contributed by atoms with Crippen LogP contribution in [-0.4, -0.2) is 50.3 Å². The summed E-state index contributed by atoms with van der Waals surface area (Å²) in [6.07, 6.45) is 0.227. The van der Waals surface area contributed by atoms with Crippen molar-refractivity contribution in [3.8, 4) is 0 Å². The van der Waals surface area contributed by atoms with Crippen molar-refractivity contribution in [2.75, 3.05) is 11.9 Å². The molecule has 10 heteroatoms. The third kappa shape index (κ3) is 7.58. The van der Waals surface area contributed by atoms with E-state index in [1.807, 2.05) is 0 Å². The van der Waals surface area contributed by atoms with Crippen LogP contribution in [0.2, 0.25) is 5.28 Å². The molecular weight excluding hydrogens is 314 g/mol. The molecule has 0 aliphatic heterocycles. The Kier molecular flexibility index (Phi) is 6.29. The molecule has 1 atom stereocenters. The fourth-order valence-electron chi connectivity index (χ4n) is 1.44. The molecule has 3 N–H and O–H groups in total. The summed E-state index contributed by atoms with van der Waals surface area (Å²) in [4.78, 5) is 33.8. The SMILES string of the molecule is CC(C)(C)OC(=O)N[C@H](CNc1ncnc(Cl)n1)CC(=O)O. The molecule has 1 heterocycles. The Morgan fingerprint density at radius 1 is 1.41 bits per heavy atom. The van der Waals surface area contributed by atoms with Gasteiger partial charge >= 0.3 is 12.1 Å². The van der Waals surface area contributed by atoms with Crippen molar-refractivity contribution in [1.29, 1.82) is 0 Å². The van der Waals surface area contributed by atoms with Gasteiger partial charge in [-0.1, -0.05) is 0 Å². The summed E-state index contributed by atoms with van der Waals surface area (Å²) < 4.78 is 5.09. The van der Waals surface area contributed by atoms with Gasteiger partial charge in [0.05, 0.1) is 12.5 Å². The molecule has 1 aromatic heterocycles. The molecule has 0 saturated carbocycles. The summed E-state index contributed by atoms with van der Waals surface area (Å²) in [7, 11) is 0. The normalized spacial score (nSPS) is 12.4. The first-order valence-corrected chi connectivity index (χ1v) is 6.83. The number of carboxylic acid groups (broad SMARTS) is 1. The van der Waals surface area contributed by atoms with Gasteiger partial charge in [-0.05, 0) is 32.4 Å². The van der Waals surface area contributed by atoms with Crippen molar-refractivity contribution in [3.05, 3.63) is 11.6 Å². The first-order chi connectivity index (χ1) is 10.2. The van der Waals surface area contributed by atoms with Crippen molar-refractivity contribution in [2.24, 2.45) is 0 Å². The second-order valence-electron chi connectivity index (χ2n) is 5.40. The molecule has 0 spiro atoms. The summed E-state index contributed by atoms with van der Waals surface area (Å²) in [5, 5.41) is 14.2. The van der Waals surface area contributed by atoms with E-state index in [0.29, 0.717) is 0 Å². The number of ether oxygens (including phenoxy) is 1. The van der Waals surface area contributed by atoms with E-state index >= 15 is 0 Å². The fourth-order valence-corrected chi connectivity index (χ4v) is 1.56. The fraction of sp³-hybridized carbons (Fsp3) is 0.583. The van der Waals surface area contributed by atoms with Gasteiger partial charge in [-0.2, -0.15) is 4.98 Å². The largest absolute Gasteiger partial charge is 0.481 e. The van der Waals surface area contributed by atoms with Gasteiger partial charge in [0.2, 0.25) is 11.2 Å². The number of rotatable bonds is 6. The van der Waals surface area contributed by atoms with Crippen LogP contribution >= 0.6 is 11.6 Å². The quantitative estimate of drug-likeness (QED) is 0.712. The smallest absolute Gasteiger partial charge is 0.407 e. The molecule has 0 aliphatic rings. The number of aliphatic carboxylic acids is 1. The van der Waals surface area contributed by atoms with E-state index in [1.165, 1.54) is 6.33 Å². The van der Waals surface area contributed by atoms with Gasteiger partial charge in [0.1, 0.15) is 11.9 Å². The number of hydrogen-bond acceptors (Lipinski definition) is 7. The standard InChI is InChI=1S/C12H18ClN5O4/c1-12(2,3)22-11(21)17-7(4-8(19)20)5-14-10-16-6-15-9(13)18-10/h6-7H,4-5H2,1-3H3,(H,17,21)(H,19,20)(H,14,15,16,18)/t7-/m0/s1. The van der Waals surface area contributed by atoms with Crippen LogP contribution in [0.3, 0.4) is 0 Å². The number of hydrogen-bond donors (Lipinski definition) is 3. The maximum Gasteiger partial charge on any atom is 0.407 e. The Bertz CT molecular complexity index is 534. The van der Waals surface area contributed by atoms with E-state index in [4.69, 9.17) is 21.4 Å². The lowest BCUT2D eigenvalue weighted by molar-refractivity contribution is -0.137. The third-order valence-electron chi connectivity index (χ3n) is 2.19. The molecule has 0 unspecified atom stereocenters. The predicted molar refractivity (Wildman–Crippen MR) is 78.7 cm³/mol. The Morgan fingerprint density at radius 2 is 2.09 bits per heavy atom. The first kappa shape index (κ1) is 17.9. The molecule has 9 nitrogen and oxygen atoms in total.